The van der Waals surface area contributed by atoms with E-state index in [-0.39, 0.29) is 6.10 Å². The Hall–Kier alpha value is -0.870. The Morgan fingerprint density at radius 3 is 3.06 bits per heavy atom. The molecular formula is C12H21N3O. The molecule has 2 rings (SSSR count). The van der Waals surface area contributed by atoms with E-state index in [1.807, 2.05) is 13.1 Å². The van der Waals surface area contributed by atoms with Gasteiger partial charge in [-0.15, -0.1) is 0 Å². The van der Waals surface area contributed by atoms with Gasteiger partial charge >= 0.3 is 0 Å². The number of aromatic nitrogens is 2. The third kappa shape index (κ3) is 2.28. The van der Waals surface area contributed by atoms with Crippen molar-refractivity contribution in [1.82, 2.24) is 14.7 Å². The Morgan fingerprint density at radius 2 is 2.44 bits per heavy atom. The van der Waals surface area contributed by atoms with E-state index in [9.17, 15) is 5.11 Å². The highest BCUT2D eigenvalue weighted by atomic mass is 16.3. The van der Waals surface area contributed by atoms with Gasteiger partial charge in [0, 0.05) is 25.7 Å². The zero-order chi connectivity index (χ0) is 11.5. The molecule has 0 radical (unpaired) electrons. The van der Waals surface area contributed by atoms with E-state index in [0.717, 1.165) is 25.2 Å². The first-order valence-electron chi connectivity index (χ1n) is 6.10. The van der Waals surface area contributed by atoms with Crippen molar-refractivity contribution >= 4 is 0 Å². The Bertz CT molecular complexity index is 337. The fourth-order valence-corrected chi connectivity index (χ4v) is 2.55. The molecule has 1 aromatic heterocycles. The molecule has 4 nitrogen and oxygen atoms in total. The van der Waals surface area contributed by atoms with Gasteiger partial charge in [0.1, 0.15) is 0 Å². The van der Waals surface area contributed by atoms with E-state index in [2.05, 4.69) is 16.9 Å². The SMILES string of the molecule is CCN1CCC[C@H]([C@H](O)c2ccnn2C)C1. The third-order valence-electron chi connectivity index (χ3n) is 3.60. The minimum absolute atomic E-state index is 0.351. The van der Waals surface area contributed by atoms with E-state index in [1.54, 1.807) is 10.9 Å². The molecule has 0 saturated carbocycles. The monoisotopic (exact) mass is 223 g/mol. The van der Waals surface area contributed by atoms with Crippen LogP contribution in [0.2, 0.25) is 0 Å². The van der Waals surface area contributed by atoms with Crippen molar-refractivity contribution in [2.75, 3.05) is 19.6 Å². The van der Waals surface area contributed by atoms with Gasteiger partial charge in [-0.3, -0.25) is 4.68 Å². The Kier molecular flexibility index (Phi) is 3.61. The van der Waals surface area contributed by atoms with Crippen LogP contribution in [0, 0.1) is 5.92 Å². The fourth-order valence-electron chi connectivity index (χ4n) is 2.55. The molecule has 1 aromatic rings. The van der Waals surface area contributed by atoms with Crippen molar-refractivity contribution < 1.29 is 5.11 Å². The van der Waals surface area contributed by atoms with E-state index in [4.69, 9.17) is 0 Å². The molecule has 0 amide bonds. The number of rotatable bonds is 3. The molecule has 1 fully saturated rings. The van der Waals surface area contributed by atoms with Crippen molar-refractivity contribution in [2.24, 2.45) is 13.0 Å². The van der Waals surface area contributed by atoms with Crippen LogP contribution in [0.3, 0.4) is 0 Å². The van der Waals surface area contributed by atoms with Crippen molar-refractivity contribution in [3.05, 3.63) is 18.0 Å². The van der Waals surface area contributed by atoms with Crippen LogP contribution < -0.4 is 0 Å². The van der Waals surface area contributed by atoms with Gasteiger partial charge in [0.05, 0.1) is 11.8 Å². The molecule has 0 unspecified atom stereocenters. The lowest BCUT2D eigenvalue weighted by molar-refractivity contribution is 0.0471. The average molecular weight is 223 g/mol. The summed E-state index contributed by atoms with van der Waals surface area (Å²) in [5.74, 6) is 0.351. The summed E-state index contributed by atoms with van der Waals surface area (Å²) in [5.41, 5.74) is 0.933. The second-order valence-electron chi connectivity index (χ2n) is 4.62. The summed E-state index contributed by atoms with van der Waals surface area (Å²) in [6, 6.07) is 1.91. The molecule has 90 valence electrons. The van der Waals surface area contributed by atoms with Gasteiger partial charge < -0.3 is 10.0 Å². The zero-order valence-corrected chi connectivity index (χ0v) is 10.1. The zero-order valence-electron chi connectivity index (χ0n) is 10.1. The summed E-state index contributed by atoms with van der Waals surface area (Å²) in [6.07, 6.45) is 3.68. The smallest absolute Gasteiger partial charge is 0.0996 e. The van der Waals surface area contributed by atoms with E-state index >= 15 is 0 Å². The van der Waals surface area contributed by atoms with Crippen LogP contribution in [0.5, 0.6) is 0 Å². The maximum atomic E-state index is 10.3. The number of piperidine rings is 1. The van der Waals surface area contributed by atoms with Gasteiger partial charge in [-0.05, 0) is 32.0 Å². The van der Waals surface area contributed by atoms with Gasteiger partial charge in [-0.2, -0.15) is 5.10 Å². The van der Waals surface area contributed by atoms with Crippen LogP contribution >= 0.6 is 0 Å². The molecule has 0 aromatic carbocycles. The average Bonchev–Trinajstić information content (AvgIpc) is 2.74. The summed E-state index contributed by atoms with van der Waals surface area (Å²) >= 11 is 0. The highest BCUT2D eigenvalue weighted by Crippen LogP contribution is 2.29. The molecule has 1 N–H and O–H groups in total. The van der Waals surface area contributed by atoms with Crippen LogP contribution in [0.1, 0.15) is 31.6 Å². The summed E-state index contributed by atoms with van der Waals surface area (Å²) in [5, 5.41) is 14.5. The fraction of sp³-hybridized carbons (Fsp3) is 0.750. The molecule has 1 aliphatic rings. The van der Waals surface area contributed by atoms with Gasteiger partial charge in [-0.25, -0.2) is 0 Å². The minimum Gasteiger partial charge on any atom is -0.386 e. The van der Waals surface area contributed by atoms with Crippen molar-refractivity contribution in [2.45, 2.75) is 25.9 Å². The summed E-state index contributed by atoms with van der Waals surface area (Å²) < 4.78 is 1.77. The van der Waals surface area contributed by atoms with Crippen molar-refractivity contribution in [1.29, 1.82) is 0 Å². The quantitative estimate of drug-likeness (QED) is 0.836. The molecule has 0 spiro atoms. The minimum atomic E-state index is -0.373. The summed E-state index contributed by atoms with van der Waals surface area (Å²) in [4.78, 5) is 2.41. The Morgan fingerprint density at radius 1 is 1.62 bits per heavy atom. The lowest BCUT2D eigenvalue weighted by Gasteiger charge is -2.34. The highest BCUT2D eigenvalue weighted by Gasteiger charge is 2.27. The number of aryl methyl sites for hydroxylation is 1. The van der Waals surface area contributed by atoms with Gasteiger partial charge in [0.25, 0.3) is 0 Å². The predicted octanol–water partition coefficient (Wildman–Crippen LogP) is 1.19. The van der Waals surface area contributed by atoms with E-state index in [0.29, 0.717) is 5.92 Å². The summed E-state index contributed by atoms with van der Waals surface area (Å²) in [6.45, 7) is 5.43. The van der Waals surface area contributed by atoms with Crippen LogP contribution in [0.4, 0.5) is 0 Å². The molecule has 1 aliphatic heterocycles. The number of hydrogen-bond donors (Lipinski definition) is 1. The van der Waals surface area contributed by atoms with Gasteiger partial charge in [0.15, 0.2) is 0 Å². The Balaban J connectivity index is 2.04. The van der Waals surface area contributed by atoms with Crippen LogP contribution in [-0.2, 0) is 7.05 Å². The Labute approximate surface area is 96.9 Å². The maximum Gasteiger partial charge on any atom is 0.0996 e. The molecule has 0 aliphatic carbocycles. The largest absolute Gasteiger partial charge is 0.386 e. The number of nitrogens with zero attached hydrogens (tertiary/aromatic N) is 3. The molecule has 2 atom stereocenters. The standard InChI is InChI=1S/C12H21N3O/c1-3-15-8-4-5-10(9-15)12(16)11-6-7-13-14(11)2/h6-7,10,12,16H,3-5,8-9H2,1-2H3/t10-,12-/m0/s1. The first-order chi connectivity index (χ1) is 7.72. The number of aliphatic hydroxyl groups excluding tert-OH is 1. The highest BCUT2D eigenvalue weighted by molar-refractivity contribution is 5.06. The molecule has 0 bridgehead atoms. The van der Waals surface area contributed by atoms with Crippen molar-refractivity contribution in [3.8, 4) is 0 Å². The van der Waals surface area contributed by atoms with Crippen LogP contribution in [0.25, 0.3) is 0 Å². The lowest BCUT2D eigenvalue weighted by atomic mass is 9.91. The van der Waals surface area contributed by atoms with Gasteiger partial charge in [-0.1, -0.05) is 6.92 Å². The van der Waals surface area contributed by atoms with Gasteiger partial charge in [0.2, 0.25) is 0 Å². The lowest BCUT2D eigenvalue weighted by Crippen LogP contribution is -2.37. The molecule has 1 saturated heterocycles. The third-order valence-corrected chi connectivity index (χ3v) is 3.60. The first kappa shape index (κ1) is 11.6. The topological polar surface area (TPSA) is 41.3 Å². The molecule has 2 heterocycles. The predicted molar refractivity (Wildman–Crippen MR) is 63.0 cm³/mol. The second-order valence-corrected chi connectivity index (χ2v) is 4.62. The summed E-state index contributed by atoms with van der Waals surface area (Å²) in [7, 11) is 1.89. The first-order valence-corrected chi connectivity index (χ1v) is 6.10. The molecule has 4 heteroatoms. The van der Waals surface area contributed by atoms with Crippen LogP contribution in [0.15, 0.2) is 12.3 Å². The number of hydrogen-bond acceptors (Lipinski definition) is 3. The molecule has 16 heavy (non-hydrogen) atoms. The second kappa shape index (κ2) is 4.97. The van der Waals surface area contributed by atoms with Crippen LogP contribution in [-0.4, -0.2) is 39.4 Å². The van der Waals surface area contributed by atoms with E-state index in [1.165, 1.54) is 13.0 Å². The maximum absolute atomic E-state index is 10.3. The van der Waals surface area contributed by atoms with E-state index < -0.39 is 0 Å². The normalized spacial score (nSPS) is 24.6. The van der Waals surface area contributed by atoms with Crippen molar-refractivity contribution in [3.63, 3.8) is 0 Å². The number of aliphatic hydroxyl groups is 1. The molecular weight excluding hydrogens is 202 g/mol. The number of likely N-dealkylation sites (tertiary alicyclic amines) is 1.